The van der Waals surface area contributed by atoms with Gasteiger partial charge in [-0.1, -0.05) is 18.2 Å². The summed E-state index contributed by atoms with van der Waals surface area (Å²) in [6, 6.07) is 8.24. The van der Waals surface area contributed by atoms with Crippen molar-refractivity contribution in [3.63, 3.8) is 0 Å². The minimum absolute atomic E-state index is 0.0466. The molecule has 0 saturated heterocycles. The van der Waals surface area contributed by atoms with Crippen molar-refractivity contribution in [2.75, 3.05) is 5.32 Å². The average molecular weight is 362 g/mol. The van der Waals surface area contributed by atoms with Crippen molar-refractivity contribution in [3.05, 3.63) is 48.2 Å². The molecule has 2 N–H and O–H groups in total. The van der Waals surface area contributed by atoms with Crippen LogP contribution in [0.25, 0.3) is 21.9 Å². The second-order valence-corrected chi connectivity index (χ2v) is 6.88. The second kappa shape index (κ2) is 6.83. The minimum Gasteiger partial charge on any atom is -0.474 e. The number of ether oxygens (including phenoxy) is 1. The Kier molecular flexibility index (Phi) is 4.35. The van der Waals surface area contributed by atoms with Crippen LogP contribution >= 0.6 is 0 Å². The van der Waals surface area contributed by atoms with Crippen LogP contribution in [0.2, 0.25) is 0 Å². The molecule has 4 rings (SSSR count). The average Bonchev–Trinajstić information content (AvgIpc) is 3.11. The van der Waals surface area contributed by atoms with Gasteiger partial charge in [0.15, 0.2) is 11.5 Å². The number of hydrogen-bond acceptors (Lipinski definition) is 6. The molecule has 138 valence electrons. The molecule has 7 heteroatoms. The Labute approximate surface area is 157 Å². The molecule has 0 saturated carbocycles. The highest BCUT2D eigenvalue weighted by molar-refractivity contribution is 5.90. The van der Waals surface area contributed by atoms with E-state index in [1.54, 1.807) is 6.33 Å². The van der Waals surface area contributed by atoms with Crippen LogP contribution in [0.5, 0.6) is 5.88 Å². The molecule has 4 aromatic rings. The molecule has 1 unspecified atom stereocenters. The van der Waals surface area contributed by atoms with Gasteiger partial charge in [-0.3, -0.25) is 0 Å². The van der Waals surface area contributed by atoms with Crippen molar-refractivity contribution >= 4 is 27.8 Å². The van der Waals surface area contributed by atoms with Gasteiger partial charge in [0.05, 0.1) is 24.2 Å². The van der Waals surface area contributed by atoms with E-state index < -0.39 is 0 Å². The lowest BCUT2D eigenvalue weighted by Crippen LogP contribution is -2.13. The summed E-state index contributed by atoms with van der Waals surface area (Å²) in [5.41, 5.74) is 3.44. The van der Waals surface area contributed by atoms with Crippen LogP contribution in [-0.2, 0) is 0 Å². The van der Waals surface area contributed by atoms with Gasteiger partial charge in [0.1, 0.15) is 11.8 Å². The number of imidazole rings is 1. The van der Waals surface area contributed by atoms with Crippen LogP contribution < -0.4 is 10.1 Å². The zero-order valence-electron chi connectivity index (χ0n) is 15.8. The third-order valence-electron chi connectivity index (χ3n) is 4.42. The van der Waals surface area contributed by atoms with Crippen LogP contribution in [0.1, 0.15) is 38.1 Å². The summed E-state index contributed by atoms with van der Waals surface area (Å²) in [6.07, 6.45) is 3.16. The Balaban J connectivity index is 1.75. The van der Waals surface area contributed by atoms with Crippen LogP contribution in [0, 0.1) is 6.92 Å². The van der Waals surface area contributed by atoms with Gasteiger partial charge in [0.2, 0.25) is 5.88 Å². The smallest absolute Gasteiger partial charge is 0.222 e. The summed E-state index contributed by atoms with van der Waals surface area (Å²) in [6.45, 7) is 8.15. The lowest BCUT2D eigenvalue weighted by Gasteiger charge is -2.19. The highest BCUT2D eigenvalue weighted by Gasteiger charge is 2.16. The monoisotopic (exact) mass is 362 g/mol. The third kappa shape index (κ3) is 3.28. The zero-order chi connectivity index (χ0) is 19.0. The molecule has 0 fully saturated rings. The number of nitrogens with zero attached hydrogens (tertiary/aromatic N) is 4. The number of benzene rings is 1. The van der Waals surface area contributed by atoms with Gasteiger partial charge in [0, 0.05) is 5.39 Å². The molecular formula is C20H22N6O. The molecule has 0 bridgehead atoms. The number of rotatable bonds is 5. The molecule has 0 amide bonds. The van der Waals surface area contributed by atoms with Gasteiger partial charge >= 0.3 is 0 Å². The Morgan fingerprint density at radius 2 is 1.96 bits per heavy atom. The number of aromatic amines is 1. The quantitative estimate of drug-likeness (QED) is 0.554. The molecular weight excluding hydrogens is 340 g/mol. The third-order valence-corrected chi connectivity index (χ3v) is 4.42. The SMILES string of the molecule is Cc1cccc2cc(C(C)Nc3ncnc4nc[nH]c34)nc(OC(C)C)c12. The maximum Gasteiger partial charge on any atom is 0.222 e. The molecule has 0 aliphatic rings. The first-order valence-corrected chi connectivity index (χ1v) is 9.00. The van der Waals surface area contributed by atoms with E-state index in [1.165, 1.54) is 6.33 Å². The van der Waals surface area contributed by atoms with Crippen LogP contribution in [0.3, 0.4) is 0 Å². The Morgan fingerprint density at radius 1 is 1.11 bits per heavy atom. The van der Waals surface area contributed by atoms with Crippen LogP contribution in [0.15, 0.2) is 36.9 Å². The van der Waals surface area contributed by atoms with Crippen molar-refractivity contribution < 1.29 is 4.74 Å². The Hall–Kier alpha value is -3.22. The van der Waals surface area contributed by atoms with Gasteiger partial charge in [-0.2, -0.15) is 0 Å². The van der Waals surface area contributed by atoms with E-state index in [1.807, 2.05) is 20.8 Å². The van der Waals surface area contributed by atoms with E-state index in [0.29, 0.717) is 17.3 Å². The van der Waals surface area contributed by atoms with E-state index in [9.17, 15) is 0 Å². The maximum atomic E-state index is 6.03. The fourth-order valence-corrected chi connectivity index (χ4v) is 3.15. The highest BCUT2D eigenvalue weighted by Crippen LogP contribution is 2.31. The lowest BCUT2D eigenvalue weighted by molar-refractivity contribution is 0.235. The molecule has 0 aliphatic heterocycles. The van der Waals surface area contributed by atoms with Crippen molar-refractivity contribution in [2.45, 2.75) is 39.8 Å². The van der Waals surface area contributed by atoms with Crippen molar-refractivity contribution in [2.24, 2.45) is 0 Å². The topological polar surface area (TPSA) is 88.6 Å². The molecule has 27 heavy (non-hydrogen) atoms. The first kappa shape index (κ1) is 17.2. The van der Waals surface area contributed by atoms with Gasteiger partial charge in [-0.05, 0) is 44.7 Å². The predicted octanol–water partition coefficient (Wildman–Crippen LogP) is 4.17. The molecule has 1 atom stereocenters. The van der Waals surface area contributed by atoms with Gasteiger partial charge in [-0.15, -0.1) is 0 Å². The van der Waals surface area contributed by atoms with Gasteiger partial charge in [-0.25, -0.2) is 19.9 Å². The van der Waals surface area contributed by atoms with Crippen molar-refractivity contribution in [1.29, 1.82) is 0 Å². The number of H-pyrrole nitrogens is 1. The van der Waals surface area contributed by atoms with E-state index in [0.717, 1.165) is 27.5 Å². The summed E-state index contributed by atoms with van der Waals surface area (Å²) in [7, 11) is 0. The molecule has 0 aliphatic carbocycles. The Bertz CT molecular complexity index is 1100. The molecule has 3 aromatic heterocycles. The number of anilines is 1. The van der Waals surface area contributed by atoms with Crippen molar-refractivity contribution in [1.82, 2.24) is 24.9 Å². The number of aryl methyl sites for hydroxylation is 1. The number of fused-ring (bicyclic) bond motifs is 2. The minimum atomic E-state index is -0.0779. The maximum absolute atomic E-state index is 6.03. The number of hydrogen-bond donors (Lipinski definition) is 2. The summed E-state index contributed by atoms with van der Waals surface area (Å²) < 4.78 is 6.03. The molecule has 1 aromatic carbocycles. The van der Waals surface area contributed by atoms with E-state index >= 15 is 0 Å². The second-order valence-electron chi connectivity index (χ2n) is 6.88. The van der Waals surface area contributed by atoms with Crippen LogP contribution in [0.4, 0.5) is 5.82 Å². The van der Waals surface area contributed by atoms with E-state index in [4.69, 9.17) is 9.72 Å². The number of pyridine rings is 1. The van der Waals surface area contributed by atoms with E-state index in [2.05, 4.69) is 56.4 Å². The standard InChI is InChI=1S/C20H22N6O/c1-11(2)27-20-16-12(3)6-5-7-14(16)8-15(26-20)13(4)25-19-17-18(22-9-21-17)23-10-24-19/h5-11,13H,1-4H3,(H2,21,22,23,24,25). The van der Waals surface area contributed by atoms with E-state index in [-0.39, 0.29) is 12.1 Å². The van der Waals surface area contributed by atoms with Crippen LogP contribution in [-0.4, -0.2) is 31.0 Å². The summed E-state index contributed by atoms with van der Waals surface area (Å²) in [5.74, 6) is 1.36. The molecule has 0 spiro atoms. The summed E-state index contributed by atoms with van der Waals surface area (Å²) in [4.78, 5) is 20.6. The number of aromatic nitrogens is 5. The highest BCUT2D eigenvalue weighted by atomic mass is 16.5. The summed E-state index contributed by atoms with van der Waals surface area (Å²) >= 11 is 0. The summed E-state index contributed by atoms with van der Waals surface area (Å²) in [5, 5.41) is 5.57. The zero-order valence-corrected chi connectivity index (χ0v) is 15.8. The normalized spacial score (nSPS) is 12.6. The first-order chi connectivity index (χ1) is 13.0. The fraction of sp³-hybridized carbons (Fsp3) is 0.300. The molecule has 0 radical (unpaired) electrons. The fourth-order valence-electron chi connectivity index (χ4n) is 3.15. The molecule has 3 heterocycles. The Morgan fingerprint density at radius 3 is 2.78 bits per heavy atom. The molecule has 7 nitrogen and oxygen atoms in total. The largest absolute Gasteiger partial charge is 0.474 e. The number of nitrogens with one attached hydrogen (secondary N) is 2. The predicted molar refractivity (Wildman–Crippen MR) is 106 cm³/mol. The first-order valence-electron chi connectivity index (χ1n) is 9.00. The van der Waals surface area contributed by atoms with Crippen molar-refractivity contribution in [3.8, 4) is 5.88 Å². The lowest BCUT2D eigenvalue weighted by atomic mass is 10.0. The van der Waals surface area contributed by atoms with Gasteiger partial charge < -0.3 is 15.0 Å². The van der Waals surface area contributed by atoms with Gasteiger partial charge in [0.25, 0.3) is 0 Å².